The minimum Gasteiger partial charge on any atom is -0.496 e. The monoisotopic (exact) mass is 216 g/mol. The second kappa shape index (κ2) is 4.26. The van der Waals surface area contributed by atoms with Crippen LogP contribution in [0.2, 0.25) is 5.02 Å². The van der Waals surface area contributed by atoms with Crippen molar-refractivity contribution >= 4 is 17.3 Å². The summed E-state index contributed by atoms with van der Waals surface area (Å²) in [6.45, 7) is 0.0269. The Hall–Kier alpha value is -1.33. The molecule has 0 saturated carbocycles. The van der Waals surface area contributed by atoms with Gasteiger partial charge in [0.15, 0.2) is 0 Å². The first-order chi connectivity index (χ1) is 6.60. The molecule has 0 aliphatic heterocycles. The second-order valence-corrected chi connectivity index (χ2v) is 2.98. The Morgan fingerprint density at radius 3 is 2.71 bits per heavy atom. The predicted molar refractivity (Wildman–Crippen MR) is 52.5 cm³/mol. The van der Waals surface area contributed by atoms with E-state index in [-0.39, 0.29) is 17.3 Å². The molecule has 0 aliphatic rings. The molecule has 6 heteroatoms. The first-order valence-corrected chi connectivity index (χ1v) is 4.18. The Bertz CT molecular complexity index is 368. The van der Waals surface area contributed by atoms with Gasteiger partial charge in [0.2, 0.25) is 0 Å². The Labute approximate surface area is 85.6 Å². The van der Waals surface area contributed by atoms with Gasteiger partial charge < -0.3 is 10.5 Å². The van der Waals surface area contributed by atoms with Gasteiger partial charge >= 0.3 is 0 Å². The summed E-state index contributed by atoms with van der Waals surface area (Å²) in [7, 11) is 1.41. The van der Waals surface area contributed by atoms with Gasteiger partial charge in [-0.2, -0.15) is 0 Å². The average Bonchev–Trinajstić information content (AvgIpc) is 2.16. The third-order valence-corrected chi connectivity index (χ3v) is 2.12. The summed E-state index contributed by atoms with van der Waals surface area (Å²) < 4.78 is 4.86. The zero-order valence-corrected chi connectivity index (χ0v) is 8.25. The molecule has 1 aromatic carbocycles. The highest BCUT2D eigenvalue weighted by molar-refractivity contribution is 6.31. The number of nitrogens with two attached hydrogens (primary N) is 1. The molecule has 1 aromatic rings. The molecular formula is C8H9ClN2O3. The molecule has 0 saturated heterocycles. The van der Waals surface area contributed by atoms with Gasteiger partial charge in [-0.3, -0.25) is 10.1 Å². The van der Waals surface area contributed by atoms with E-state index in [4.69, 9.17) is 22.1 Å². The Morgan fingerprint density at radius 2 is 2.29 bits per heavy atom. The molecule has 1 rings (SSSR count). The molecule has 0 bridgehead atoms. The standard InChI is InChI=1S/C8H9ClN2O3/c1-14-5-2-7(9)6(4-10)8(3-5)11(12)13/h2-3H,4,10H2,1H3. The summed E-state index contributed by atoms with van der Waals surface area (Å²) in [5, 5.41) is 10.9. The first kappa shape index (κ1) is 10.7. The molecule has 14 heavy (non-hydrogen) atoms. The number of methoxy groups -OCH3 is 1. The van der Waals surface area contributed by atoms with E-state index >= 15 is 0 Å². The minimum atomic E-state index is -0.531. The van der Waals surface area contributed by atoms with Crippen LogP contribution in [0, 0.1) is 10.1 Å². The minimum absolute atomic E-state index is 0.0269. The maximum Gasteiger partial charge on any atom is 0.279 e. The Morgan fingerprint density at radius 1 is 1.64 bits per heavy atom. The van der Waals surface area contributed by atoms with Gasteiger partial charge in [0.25, 0.3) is 5.69 Å². The van der Waals surface area contributed by atoms with Crippen molar-refractivity contribution in [1.82, 2.24) is 0 Å². The highest BCUT2D eigenvalue weighted by Gasteiger charge is 2.17. The summed E-state index contributed by atoms with van der Waals surface area (Å²) >= 11 is 5.79. The molecule has 0 aromatic heterocycles. The van der Waals surface area contributed by atoms with E-state index in [1.807, 2.05) is 0 Å². The lowest BCUT2D eigenvalue weighted by molar-refractivity contribution is -0.385. The lowest BCUT2D eigenvalue weighted by Gasteiger charge is -2.05. The van der Waals surface area contributed by atoms with Gasteiger partial charge in [-0.25, -0.2) is 0 Å². The highest BCUT2D eigenvalue weighted by atomic mass is 35.5. The van der Waals surface area contributed by atoms with Crippen LogP contribution >= 0.6 is 11.6 Å². The molecule has 2 N–H and O–H groups in total. The molecular weight excluding hydrogens is 208 g/mol. The molecule has 0 spiro atoms. The van der Waals surface area contributed by atoms with Crippen molar-refractivity contribution < 1.29 is 9.66 Å². The smallest absolute Gasteiger partial charge is 0.279 e. The van der Waals surface area contributed by atoms with Gasteiger partial charge in [0.05, 0.1) is 28.7 Å². The summed E-state index contributed by atoms with van der Waals surface area (Å²) in [5.41, 5.74) is 5.55. The molecule has 0 radical (unpaired) electrons. The molecule has 0 amide bonds. The van der Waals surface area contributed by atoms with Gasteiger partial charge in [-0.15, -0.1) is 0 Å². The molecule has 76 valence electrons. The van der Waals surface area contributed by atoms with Crippen molar-refractivity contribution in [3.63, 3.8) is 0 Å². The Kier molecular flexibility index (Phi) is 3.27. The molecule has 5 nitrogen and oxygen atoms in total. The number of benzene rings is 1. The van der Waals surface area contributed by atoms with Crippen molar-refractivity contribution in [2.45, 2.75) is 6.54 Å². The fourth-order valence-corrected chi connectivity index (χ4v) is 1.36. The van der Waals surface area contributed by atoms with E-state index in [0.717, 1.165) is 0 Å². The maximum absolute atomic E-state index is 10.6. The fraction of sp³-hybridized carbons (Fsp3) is 0.250. The van der Waals surface area contributed by atoms with Crippen molar-refractivity contribution in [2.75, 3.05) is 7.11 Å². The summed E-state index contributed by atoms with van der Waals surface area (Å²) in [5.74, 6) is 0.346. The number of ether oxygens (including phenoxy) is 1. The van der Waals surface area contributed by atoms with Crippen molar-refractivity contribution in [3.8, 4) is 5.75 Å². The average molecular weight is 217 g/mol. The number of hydrogen-bond acceptors (Lipinski definition) is 4. The quantitative estimate of drug-likeness (QED) is 0.616. The third-order valence-electron chi connectivity index (χ3n) is 1.78. The van der Waals surface area contributed by atoms with E-state index in [1.54, 1.807) is 0 Å². The number of hydrogen-bond donors (Lipinski definition) is 1. The van der Waals surface area contributed by atoms with Crippen LogP contribution in [-0.2, 0) is 6.54 Å². The van der Waals surface area contributed by atoms with Crippen molar-refractivity contribution in [3.05, 3.63) is 32.8 Å². The molecule has 0 atom stereocenters. The van der Waals surface area contributed by atoms with Crippen LogP contribution < -0.4 is 10.5 Å². The predicted octanol–water partition coefficient (Wildman–Crippen LogP) is 1.72. The van der Waals surface area contributed by atoms with Crippen molar-refractivity contribution in [2.24, 2.45) is 5.73 Å². The number of nitro groups is 1. The lowest BCUT2D eigenvalue weighted by atomic mass is 10.1. The van der Waals surface area contributed by atoms with Crippen LogP contribution in [0.3, 0.4) is 0 Å². The van der Waals surface area contributed by atoms with E-state index < -0.39 is 4.92 Å². The molecule has 0 fully saturated rings. The third kappa shape index (κ3) is 1.94. The molecule has 0 aliphatic carbocycles. The topological polar surface area (TPSA) is 78.4 Å². The fourth-order valence-electron chi connectivity index (χ4n) is 1.08. The highest BCUT2D eigenvalue weighted by Crippen LogP contribution is 2.31. The number of rotatable bonds is 3. The van der Waals surface area contributed by atoms with Crippen LogP contribution in [0.5, 0.6) is 5.75 Å². The van der Waals surface area contributed by atoms with Crippen molar-refractivity contribution in [1.29, 1.82) is 0 Å². The van der Waals surface area contributed by atoms with E-state index in [0.29, 0.717) is 11.3 Å². The van der Waals surface area contributed by atoms with Gasteiger partial charge in [0.1, 0.15) is 5.75 Å². The molecule has 0 unspecified atom stereocenters. The van der Waals surface area contributed by atoms with Crippen LogP contribution in [-0.4, -0.2) is 12.0 Å². The summed E-state index contributed by atoms with van der Waals surface area (Å²) in [6.07, 6.45) is 0. The second-order valence-electron chi connectivity index (χ2n) is 2.57. The number of nitrogens with zero attached hydrogens (tertiary/aromatic N) is 1. The van der Waals surface area contributed by atoms with E-state index in [9.17, 15) is 10.1 Å². The van der Waals surface area contributed by atoms with Crippen LogP contribution in [0.1, 0.15) is 5.56 Å². The van der Waals surface area contributed by atoms with Crippen LogP contribution in [0.15, 0.2) is 12.1 Å². The number of halogens is 1. The normalized spacial score (nSPS) is 9.93. The Balaban J connectivity index is 3.35. The largest absolute Gasteiger partial charge is 0.496 e. The van der Waals surface area contributed by atoms with E-state index in [2.05, 4.69) is 0 Å². The van der Waals surface area contributed by atoms with Crippen LogP contribution in [0.4, 0.5) is 5.69 Å². The zero-order chi connectivity index (χ0) is 10.7. The number of nitro benzene ring substituents is 1. The molecule has 0 heterocycles. The van der Waals surface area contributed by atoms with Crippen LogP contribution in [0.25, 0.3) is 0 Å². The zero-order valence-electron chi connectivity index (χ0n) is 7.49. The summed E-state index contributed by atoms with van der Waals surface area (Å²) in [6, 6.07) is 2.80. The maximum atomic E-state index is 10.6. The lowest BCUT2D eigenvalue weighted by Crippen LogP contribution is -2.03. The van der Waals surface area contributed by atoms with E-state index in [1.165, 1.54) is 19.2 Å². The summed E-state index contributed by atoms with van der Waals surface area (Å²) in [4.78, 5) is 10.1. The van der Waals surface area contributed by atoms with Gasteiger partial charge in [-0.05, 0) is 6.07 Å². The SMILES string of the molecule is COc1cc(Cl)c(CN)c([N+](=O)[O-])c1. The first-order valence-electron chi connectivity index (χ1n) is 3.81. The van der Waals surface area contributed by atoms with Gasteiger partial charge in [0, 0.05) is 6.54 Å². The van der Waals surface area contributed by atoms with Gasteiger partial charge in [-0.1, -0.05) is 11.6 Å².